The quantitative estimate of drug-likeness (QED) is 0.382. The van der Waals surface area contributed by atoms with Crippen molar-refractivity contribution < 1.29 is 27.5 Å². The van der Waals surface area contributed by atoms with Gasteiger partial charge in [-0.2, -0.15) is 4.31 Å². The Morgan fingerprint density at radius 1 is 1.03 bits per heavy atom. The maximum Gasteiger partial charge on any atom is 0.343 e. The maximum atomic E-state index is 13.2. The Morgan fingerprint density at radius 3 is 2.32 bits per heavy atom. The van der Waals surface area contributed by atoms with Gasteiger partial charge in [0, 0.05) is 19.2 Å². The third-order valence-corrected chi connectivity index (χ3v) is 7.14. The van der Waals surface area contributed by atoms with Crippen LogP contribution in [0, 0.1) is 11.8 Å². The van der Waals surface area contributed by atoms with Crippen molar-refractivity contribution in [2.45, 2.75) is 32.1 Å². The lowest BCUT2D eigenvalue weighted by Crippen LogP contribution is -2.42. The Labute approximate surface area is 183 Å². The first kappa shape index (κ1) is 23.0. The molecule has 8 heteroatoms. The van der Waals surface area contributed by atoms with E-state index >= 15 is 0 Å². The summed E-state index contributed by atoms with van der Waals surface area (Å²) in [5.41, 5.74) is 0.311. The molecule has 0 amide bonds. The monoisotopic (exact) mass is 445 g/mol. The number of nitrogens with zero attached hydrogens (tertiary/aromatic N) is 1. The molecule has 0 unspecified atom stereocenters. The molecule has 7 nitrogen and oxygen atoms in total. The van der Waals surface area contributed by atoms with Crippen LogP contribution in [0.15, 0.2) is 47.4 Å². The molecule has 2 aromatic carbocycles. The van der Waals surface area contributed by atoms with Gasteiger partial charge in [-0.3, -0.25) is 4.79 Å². The summed E-state index contributed by atoms with van der Waals surface area (Å²) < 4.78 is 38.4. The van der Waals surface area contributed by atoms with Crippen LogP contribution in [0.1, 0.15) is 47.9 Å². The molecule has 166 valence electrons. The molecule has 0 spiro atoms. The first-order valence-corrected chi connectivity index (χ1v) is 11.6. The van der Waals surface area contributed by atoms with E-state index in [0.717, 1.165) is 6.42 Å². The number of rotatable bonds is 6. The van der Waals surface area contributed by atoms with Crippen LogP contribution in [-0.2, 0) is 10.0 Å². The van der Waals surface area contributed by atoms with Crippen molar-refractivity contribution >= 4 is 21.8 Å². The van der Waals surface area contributed by atoms with Crippen LogP contribution in [0.25, 0.3) is 0 Å². The van der Waals surface area contributed by atoms with Gasteiger partial charge in [-0.25, -0.2) is 13.2 Å². The molecular weight excluding hydrogens is 418 g/mol. The van der Waals surface area contributed by atoms with Crippen molar-refractivity contribution in [1.82, 2.24) is 4.31 Å². The smallest absolute Gasteiger partial charge is 0.343 e. The third kappa shape index (κ3) is 5.14. The van der Waals surface area contributed by atoms with Crippen LogP contribution >= 0.6 is 0 Å². The van der Waals surface area contributed by atoms with E-state index in [9.17, 15) is 18.0 Å². The number of piperidine rings is 1. The molecule has 1 fully saturated rings. The Balaban J connectivity index is 1.88. The number of carbonyl (C=O) groups is 2. The van der Waals surface area contributed by atoms with E-state index in [1.807, 2.05) is 13.8 Å². The van der Waals surface area contributed by atoms with Gasteiger partial charge in [-0.05, 0) is 55.5 Å². The summed E-state index contributed by atoms with van der Waals surface area (Å²) >= 11 is 0. The predicted octanol–water partition coefficient (Wildman–Crippen LogP) is 3.78. The number of sulfonamides is 1. The van der Waals surface area contributed by atoms with Crippen molar-refractivity contribution in [3.8, 4) is 11.5 Å². The average Bonchev–Trinajstić information content (AvgIpc) is 2.72. The molecule has 31 heavy (non-hydrogen) atoms. The van der Waals surface area contributed by atoms with Gasteiger partial charge in [0.2, 0.25) is 10.0 Å². The minimum atomic E-state index is -3.74. The first-order valence-electron chi connectivity index (χ1n) is 10.1. The van der Waals surface area contributed by atoms with Gasteiger partial charge in [0.25, 0.3) is 0 Å². The molecular formula is C23H27NO6S. The molecule has 1 aliphatic rings. The normalized spacial score (nSPS) is 19.6. The number of benzene rings is 2. The van der Waals surface area contributed by atoms with Gasteiger partial charge in [0.1, 0.15) is 11.5 Å². The second-order valence-electron chi connectivity index (χ2n) is 8.10. The van der Waals surface area contributed by atoms with E-state index in [2.05, 4.69) is 0 Å². The first-order chi connectivity index (χ1) is 14.6. The SMILES string of the molecule is COc1ccc(C(C)=O)c(OC(=O)c2cccc(S(=O)(=O)N3C[C@H](C)C[C@@H](C)C3)c2)c1. The fourth-order valence-corrected chi connectivity index (χ4v) is 5.62. The summed E-state index contributed by atoms with van der Waals surface area (Å²) in [4.78, 5) is 24.7. The van der Waals surface area contributed by atoms with Gasteiger partial charge >= 0.3 is 5.97 Å². The van der Waals surface area contributed by atoms with Crippen LogP contribution in [0.4, 0.5) is 0 Å². The van der Waals surface area contributed by atoms with Gasteiger partial charge in [-0.15, -0.1) is 0 Å². The van der Waals surface area contributed by atoms with E-state index in [4.69, 9.17) is 9.47 Å². The highest BCUT2D eigenvalue weighted by molar-refractivity contribution is 7.89. The van der Waals surface area contributed by atoms with E-state index in [1.165, 1.54) is 54.7 Å². The molecule has 0 saturated carbocycles. The van der Waals surface area contributed by atoms with Crippen molar-refractivity contribution in [2.75, 3.05) is 20.2 Å². The summed E-state index contributed by atoms with van der Waals surface area (Å²) in [6.07, 6.45) is 0.984. The van der Waals surface area contributed by atoms with Crippen LogP contribution in [-0.4, -0.2) is 44.7 Å². The highest BCUT2D eigenvalue weighted by Gasteiger charge is 2.32. The number of esters is 1. The van der Waals surface area contributed by atoms with Crippen LogP contribution in [0.5, 0.6) is 11.5 Å². The summed E-state index contributed by atoms with van der Waals surface area (Å²) in [7, 11) is -2.27. The molecule has 0 aliphatic carbocycles. The minimum absolute atomic E-state index is 0.0423. The summed E-state index contributed by atoms with van der Waals surface area (Å²) in [6, 6.07) is 10.4. The van der Waals surface area contributed by atoms with E-state index in [1.54, 1.807) is 6.07 Å². The zero-order valence-electron chi connectivity index (χ0n) is 18.1. The molecule has 2 aromatic rings. The molecule has 0 radical (unpaired) electrons. The lowest BCUT2D eigenvalue weighted by molar-refractivity contribution is 0.0732. The minimum Gasteiger partial charge on any atom is -0.497 e. The van der Waals surface area contributed by atoms with Crippen molar-refractivity contribution in [1.29, 1.82) is 0 Å². The van der Waals surface area contributed by atoms with Gasteiger partial charge in [0.05, 0.1) is 23.1 Å². The molecule has 1 saturated heterocycles. The Hall–Kier alpha value is -2.71. The second kappa shape index (κ2) is 9.20. The largest absolute Gasteiger partial charge is 0.497 e. The molecule has 3 rings (SSSR count). The average molecular weight is 446 g/mol. The van der Waals surface area contributed by atoms with Crippen LogP contribution in [0.2, 0.25) is 0 Å². The van der Waals surface area contributed by atoms with E-state index < -0.39 is 16.0 Å². The van der Waals surface area contributed by atoms with Crippen LogP contribution < -0.4 is 9.47 Å². The molecule has 1 aliphatic heterocycles. The zero-order valence-corrected chi connectivity index (χ0v) is 18.9. The fourth-order valence-electron chi connectivity index (χ4n) is 3.90. The van der Waals surface area contributed by atoms with Crippen LogP contribution in [0.3, 0.4) is 0 Å². The van der Waals surface area contributed by atoms with Crippen molar-refractivity contribution in [3.05, 3.63) is 53.6 Å². The van der Waals surface area contributed by atoms with Gasteiger partial charge in [-0.1, -0.05) is 19.9 Å². The molecule has 0 bridgehead atoms. The summed E-state index contributed by atoms with van der Waals surface area (Å²) in [6.45, 7) is 6.34. The lowest BCUT2D eigenvalue weighted by Gasteiger charge is -2.34. The number of methoxy groups -OCH3 is 1. The fraction of sp³-hybridized carbons (Fsp3) is 0.391. The van der Waals surface area contributed by atoms with E-state index in [0.29, 0.717) is 18.8 Å². The number of hydrogen-bond acceptors (Lipinski definition) is 6. The van der Waals surface area contributed by atoms with Crippen molar-refractivity contribution in [3.63, 3.8) is 0 Å². The lowest BCUT2D eigenvalue weighted by atomic mass is 9.94. The zero-order chi connectivity index (χ0) is 22.8. The van der Waals surface area contributed by atoms with Crippen molar-refractivity contribution in [2.24, 2.45) is 11.8 Å². The molecule has 0 N–H and O–H groups in total. The number of carbonyl (C=O) groups excluding carboxylic acids is 2. The third-order valence-electron chi connectivity index (χ3n) is 5.31. The highest BCUT2D eigenvalue weighted by Crippen LogP contribution is 2.28. The highest BCUT2D eigenvalue weighted by atomic mass is 32.2. The van der Waals surface area contributed by atoms with Gasteiger partial charge in [0.15, 0.2) is 5.78 Å². The molecule has 0 aromatic heterocycles. The maximum absolute atomic E-state index is 13.2. The Morgan fingerprint density at radius 2 is 1.71 bits per heavy atom. The Bertz CT molecular complexity index is 1080. The molecule has 1 heterocycles. The topological polar surface area (TPSA) is 90.0 Å². The standard InChI is InChI=1S/C23H27NO6S/c1-15-10-16(2)14-24(13-15)31(27,28)20-7-5-6-18(11-20)23(26)30-22-12-19(29-4)8-9-21(22)17(3)25/h5-9,11-12,15-16H,10,13-14H2,1-4H3/t15-,16-/m1/s1. The summed E-state index contributed by atoms with van der Waals surface area (Å²) in [5, 5.41) is 0. The Kier molecular flexibility index (Phi) is 6.81. The number of hydrogen-bond donors (Lipinski definition) is 0. The molecule has 2 atom stereocenters. The number of Topliss-reactive ketones (excluding diaryl/α,β-unsaturated/α-hetero) is 1. The second-order valence-corrected chi connectivity index (χ2v) is 10.0. The van der Waals surface area contributed by atoms with E-state index in [-0.39, 0.29) is 39.4 Å². The predicted molar refractivity (Wildman–Crippen MR) is 116 cm³/mol. The number of ether oxygens (including phenoxy) is 2. The van der Waals surface area contributed by atoms with Gasteiger partial charge < -0.3 is 9.47 Å². The number of ketones is 1. The summed E-state index contributed by atoms with van der Waals surface area (Å²) in [5.74, 6) is -0.000897.